The largest absolute Gasteiger partial charge is 0.382 e. The number of aryl methyl sites for hydroxylation is 1. The number of H-pyrrole nitrogens is 1. The molecule has 0 aliphatic heterocycles. The van der Waals surface area contributed by atoms with Crippen molar-refractivity contribution in [3.05, 3.63) is 34.6 Å². The van der Waals surface area contributed by atoms with Gasteiger partial charge in [-0.1, -0.05) is 19.9 Å². The van der Waals surface area contributed by atoms with E-state index in [4.69, 9.17) is 5.73 Å². The van der Waals surface area contributed by atoms with Gasteiger partial charge in [-0.15, -0.1) is 0 Å². The number of aromatic nitrogens is 4. The van der Waals surface area contributed by atoms with Crippen LogP contribution in [0.4, 0.5) is 5.82 Å². The van der Waals surface area contributed by atoms with E-state index in [2.05, 4.69) is 35.9 Å². The molecule has 1 aromatic carbocycles. The maximum absolute atomic E-state index is 5.82. The number of nitrogen functional groups attached to an aromatic ring is 1. The van der Waals surface area contributed by atoms with Crippen molar-refractivity contribution in [3.63, 3.8) is 0 Å². The summed E-state index contributed by atoms with van der Waals surface area (Å²) in [6.45, 7) is 6.03. The highest BCUT2D eigenvalue weighted by atomic mass is 79.9. The van der Waals surface area contributed by atoms with Gasteiger partial charge in [0.15, 0.2) is 11.6 Å². The van der Waals surface area contributed by atoms with Gasteiger partial charge in [0.2, 0.25) is 0 Å². The third kappa shape index (κ3) is 2.80. The van der Waals surface area contributed by atoms with Crippen LogP contribution in [0.15, 0.2) is 29.0 Å². The molecule has 3 aromatic rings. The zero-order valence-corrected chi connectivity index (χ0v) is 13.2. The molecule has 5 nitrogen and oxygen atoms in total. The average Bonchev–Trinajstić information content (AvgIpc) is 2.86. The number of anilines is 1. The van der Waals surface area contributed by atoms with Crippen molar-refractivity contribution in [3.8, 4) is 11.5 Å². The van der Waals surface area contributed by atoms with Crippen molar-refractivity contribution < 1.29 is 0 Å². The number of nitrogens with zero attached hydrogens (tertiary/aromatic N) is 3. The molecule has 0 fully saturated rings. The van der Waals surface area contributed by atoms with Crippen LogP contribution in [-0.2, 0) is 0 Å². The summed E-state index contributed by atoms with van der Waals surface area (Å²) in [5.74, 6) is 0.982. The Morgan fingerprint density at radius 3 is 2.70 bits per heavy atom. The van der Waals surface area contributed by atoms with Crippen LogP contribution in [0.5, 0.6) is 0 Å². The number of fused-ring (bicyclic) bond motifs is 1. The Morgan fingerprint density at radius 1 is 1.20 bits per heavy atom. The van der Waals surface area contributed by atoms with E-state index in [0.29, 0.717) is 21.9 Å². The lowest BCUT2D eigenvalue weighted by molar-refractivity contribution is 1.15. The number of benzene rings is 1. The first-order valence-corrected chi connectivity index (χ1v) is 7.17. The molecule has 0 saturated carbocycles. The molecule has 0 bridgehead atoms. The molecule has 0 unspecified atom stereocenters. The predicted octanol–water partition coefficient (Wildman–Crippen LogP) is 3.70. The summed E-state index contributed by atoms with van der Waals surface area (Å²) >= 11 is 3.28. The maximum Gasteiger partial charge on any atom is 0.161 e. The second-order valence-electron chi connectivity index (χ2n) is 4.03. The molecule has 0 aliphatic rings. The topological polar surface area (TPSA) is 80.5 Å². The molecule has 20 heavy (non-hydrogen) atoms. The van der Waals surface area contributed by atoms with E-state index in [-0.39, 0.29) is 0 Å². The number of rotatable bonds is 1. The molecule has 0 aliphatic carbocycles. The first-order valence-electron chi connectivity index (χ1n) is 6.38. The van der Waals surface area contributed by atoms with Crippen LogP contribution in [0.2, 0.25) is 0 Å². The molecule has 3 rings (SSSR count). The Morgan fingerprint density at radius 2 is 1.95 bits per heavy atom. The van der Waals surface area contributed by atoms with Crippen LogP contribution in [0.1, 0.15) is 19.4 Å². The van der Waals surface area contributed by atoms with E-state index in [0.717, 1.165) is 11.0 Å². The van der Waals surface area contributed by atoms with Gasteiger partial charge in [-0.05, 0) is 40.5 Å². The zero-order valence-electron chi connectivity index (χ0n) is 11.6. The number of nitrogens with two attached hydrogens (primary N) is 1. The fourth-order valence-corrected chi connectivity index (χ4v) is 2.07. The molecule has 0 amide bonds. The van der Waals surface area contributed by atoms with E-state index in [1.807, 2.05) is 39.0 Å². The number of imidazole rings is 1. The third-order valence-electron chi connectivity index (χ3n) is 2.63. The molecule has 0 saturated heterocycles. The van der Waals surface area contributed by atoms with Crippen molar-refractivity contribution >= 4 is 32.8 Å². The molecule has 0 atom stereocenters. The summed E-state index contributed by atoms with van der Waals surface area (Å²) < 4.78 is 0.628. The Labute approximate surface area is 125 Å². The first-order chi connectivity index (χ1) is 9.63. The van der Waals surface area contributed by atoms with Crippen LogP contribution in [-0.4, -0.2) is 19.9 Å². The van der Waals surface area contributed by atoms with Gasteiger partial charge in [0.25, 0.3) is 0 Å². The van der Waals surface area contributed by atoms with E-state index < -0.39 is 0 Å². The molecule has 0 radical (unpaired) electrons. The van der Waals surface area contributed by atoms with Gasteiger partial charge in [0.05, 0.1) is 17.2 Å². The highest BCUT2D eigenvalue weighted by molar-refractivity contribution is 9.10. The van der Waals surface area contributed by atoms with Crippen LogP contribution in [0.25, 0.3) is 22.6 Å². The van der Waals surface area contributed by atoms with Crippen LogP contribution in [0, 0.1) is 6.92 Å². The van der Waals surface area contributed by atoms with Crippen molar-refractivity contribution in [2.24, 2.45) is 0 Å². The lowest BCUT2D eigenvalue weighted by Gasteiger charge is -2.00. The van der Waals surface area contributed by atoms with Crippen molar-refractivity contribution in [2.75, 3.05) is 5.73 Å². The Hall–Kier alpha value is -1.95. The predicted molar refractivity (Wildman–Crippen MR) is 85.3 cm³/mol. The van der Waals surface area contributed by atoms with Gasteiger partial charge in [0.1, 0.15) is 10.3 Å². The van der Waals surface area contributed by atoms with Gasteiger partial charge in [0, 0.05) is 0 Å². The number of hydrogen-bond donors (Lipinski definition) is 2. The third-order valence-corrected chi connectivity index (χ3v) is 3.02. The Bertz CT molecular complexity index is 736. The summed E-state index contributed by atoms with van der Waals surface area (Å²) in [5, 5.41) is 0. The normalized spacial score (nSPS) is 10.2. The van der Waals surface area contributed by atoms with Crippen LogP contribution in [0.3, 0.4) is 0 Å². The summed E-state index contributed by atoms with van der Waals surface area (Å²) in [6, 6.07) is 6.02. The molecule has 0 spiro atoms. The Balaban J connectivity index is 0.000000704. The minimum atomic E-state index is 0.356. The molecule has 6 heteroatoms. The van der Waals surface area contributed by atoms with Gasteiger partial charge in [-0.3, -0.25) is 0 Å². The van der Waals surface area contributed by atoms with E-state index in [1.54, 1.807) is 6.20 Å². The quantitative estimate of drug-likeness (QED) is 0.711. The first kappa shape index (κ1) is 14.5. The smallest absolute Gasteiger partial charge is 0.161 e. The Kier molecular flexibility index (Phi) is 4.34. The van der Waals surface area contributed by atoms with E-state index >= 15 is 0 Å². The number of halogens is 1. The van der Waals surface area contributed by atoms with Crippen LogP contribution < -0.4 is 5.73 Å². The van der Waals surface area contributed by atoms with Crippen LogP contribution >= 0.6 is 15.9 Å². The monoisotopic (exact) mass is 333 g/mol. The second-order valence-corrected chi connectivity index (χ2v) is 4.85. The molecule has 2 aromatic heterocycles. The molecule has 104 valence electrons. The lowest BCUT2D eigenvalue weighted by Crippen LogP contribution is -1.98. The summed E-state index contributed by atoms with van der Waals surface area (Å²) in [4.78, 5) is 16.0. The summed E-state index contributed by atoms with van der Waals surface area (Å²) in [5.41, 5.74) is 9.39. The van der Waals surface area contributed by atoms with Crippen molar-refractivity contribution in [1.29, 1.82) is 0 Å². The highest BCUT2D eigenvalue weighted by Gasteiger charge is 2.11. The number of aromatic amines is 1. The number of hydrogen-bond acceptors (Lipinski definition) is 4. The summed E-state index contributed by atoms with van der Waals surface area (Å²) in [6.07, 6.45) is 1.56. The minimum Gasteiger partial charge on any atom is -0.382 e. The fraction of sp³-hybridized carbons (Fsp3) is 0.214. The van der Waals surface area contributed by atoms with Crippen molar-refractivity contribution in [1.82, 2.24) is 19.9 Å². The fourth-order valence-electron chi connectivity index (χ4n) is 1.79. The molecule has 2 heterocycles. The van der Waals surface area contributed by atoms with Gasteiger partial charge in [-0.25, -0.2) is 15.0 Å². The van der Waals surface area contributed by atoms with E-state index in [1.165, 1.54) is 5.56 Å². The minimum absolute atomic E-state index is 0.356. The SMILES string of the molecule is CC.Cc1ccc2nc(-c3nc(Br)cnc3N)[nH]c2c1. The standard InChI is InChI=1S/C12H10BrN5.C2H6/c1-6-2-3-7-8(4-6)17-12(16-7)10-11(14)15-5-9(13)18-10;1-2/h2-5H,1H3,(H2,14,15)(H,16,17);1-2H3. The molecular formula is C14H16BrN5. The lowest BCUT2D eigenvalue weighted by atomic mass is 10.2. The molecular weight excluding hydrogens is 318 g/mol. The summed E-state index contributed by atoms with van der Waals surface area (Å²) in [7, 11) is 0. The van der Waals surface area contributed by atoms with E-state index in [9.17, 15) is 0 Å². The zero-order chi connectivity index (χ0) is 14.7. The molecule has 3 N–H and O–H groups in total. The number of nitrogens with one attached hydrogen (secondary N) is 1. The average molecular weight is 334 g/mol. The van der Waals surface area contributed by atoms with Gasteiger partial charge >= 0.3 is 0 Å². The maximum atomic E-state index is 5.82. The van der Waals surface area contributed by atoms with Gasteiger partial charge < -0.3 is 10.7 Å². The highest BCUT2D eigenvalue weighted by Crippen LogP contribution is 2.24. The second kappa shape index (κ2) is 6.00. The van der Waals surface area contributed by atoms with Crippen molar-refractivity contribution in [2.45, 2.75) is 20.8 Å². The van der Waals surface area contributed by atoms with Gasteiger partial charge in [-0.2, -0.15) is 0 Å².